The van der Waals surface area contributed by atoms with Crippen LogP contribution in [-0.4, -0.2) is 25.7 Å². The second-order valence-electron chi connectivity index (χ2n) is 4.27. The molecule has 1 aliphatic rings. The Morgan fingerprint density at radius 3 is 2.94 bits per heavy atom. The number of carbonyl (C=O) groups is 1. The van der Waals surface area contributed by atoms with E-state index in [0.717, 1.165) is 5.56 Å². The monoisotopic (exact) mass is 269 g/mol. The molecule has 0 unspecified atom stereocenters. The molecule has 0 saturated heterocycles. The fourth-order valence-electron chi connectivity index (χ4n) is 1.56. The first kappa shape index (κ1) is 13.2. The van der Waals surface area contributed by atoms with Gasteiger partial charge in [-0.15, -0.1) is 0 Å². The van der Waals surface area contributed by atoms with Crippen molar-refractivity contribution in [1.82, 2.24) is 5.32 Å². The summed E-state index contributed by atoms with van der Waals surface area (Å²) >= 11 is 5.96. The van der Waals surface area contributed by atoms with Gasteiger partial charge in [0.2, 0.25) is 0 Å². The molecule has 18 heavy (non-hydrogen) atoms. The van der Waals surface area contributed by atoms with Crippen molar-refractivity contribution in [2.45, 2.75) is 25.4 Å². The fraction of sp³-hybridized carbons (Fsp3) is 0.462. The van der Waals surface area contributed by atoms with Crippen molar-refractivity contribution in [3.05, 3.63) is 28.8 Å². The number of rotatable bonds is 6. The Morgan fingerprint density at radius 2 is 2.28 bits per heavy atom. The lowest BCUT2D eigenvalue weighted by molar-refractivity contribution is -0.142. The lowest BCUT2D eigenvalue weighted by Crippen LogP contribution is -2.18. The Hall–Kier alpha value is -1.26. The molecule has 0 bridgehead atoms. The molecule has 1 aliphatic carbocycles. The molecule has 0 amide bonds. The first-order chi connectivity index (χ1) is 8.69. The third-order valence-corrected chi connectivity index (χ3v) is 2.99. The summed E-state index contributed by atoms with van der Waals surface area (Å²) < 4.78 is 9.96. The highest BCUT2D eigenvalue weighted by atomic mass is 35.5. The van der Waals surface area contributed by atoms with E-state index in [-0.39, 0.29) is 6.61 Å². The maximum absolute atomic E-state index is 11.1. The van der Waals surface area contributed by atoms with Gasteiger partial charge in [-0.25, -0.2) is 4.79 Å². The highest BCUT2D eigenvalue weighted by Gasteiger charge is 2.20. The Labute approximate surface area is 111 Å². The van der Waals surface area contributed by atoms with Crippen LogP contribution in [0.25, 0.3) is 0 Å². The lowest BCUT2D eigenvalue weighted by Gasteiger charge is -2.11. The number of nitrogens with one attached hydrogen (secondary N) is 1. The summed E-state index contributed by atoms with van der Waals surface area (Å²) in [6, 6.07) is 5.98. The van der Waals surface area contributed by atoms with Gasteiger partial charge >= 0.3 is 5.97 Å². The molecule has 0 atom stereocenters. The van der Waals surface area contributed by atoms with E-state index in [1.54, 1.807) is 12.1 Å². The van der Waals surface area contributed by atoms with E-state index < -0.39 is 5.97 Å². The van der Waals surface area contributed by atoms with E-state index in [4.69, 9.17) is 16.3 Å². The molecular weight excluding hydrogens is 254 g/mol. The van der Waals surface area contributed by atoms with E-state index in [0.29, 0.717) is 23.4 Å². The highest BCUT2D eigenvalue weighted by Crippen LogP contribution is 2.25. The minimum Gasteiger partial charge on any atom is -0.482 e. The van der Waals surface area contributed by atoms with Crippen molar-refractivity contribution < 1.29 is 14.3 Å². The van der Waals surface area contributed by atoms with Crippen LogP contribution in [0.5, 0.6) is 5.75 Å². The first-order valence-electron chi connectivity index (χ1n) is 5.90. The standard InChI is InChI=1S/C13H16ClNO3/c1-17-13(16)8-18-12-5-2-10(14)6-9(12)7-15-11-3-4-11/h2,5-6,11,15H,3-4,7-8H2,1H3. The van der Waals surface area contributed by atoms with Crippen molar-refractivity contribution in [1.29, 1.82) is 0 Å². The van der Waals surface area contributed by atoms with Crippen LogP contribution >= 0.6 is 11.6 Å². The molecular formula is C13H16ClNO3. The van der Waals surface area contributed by atoms with Crippen LogP contribution in [0, 0.1) is 0 Å². The zero-order valence-corrected chi connectivity index (χ0v) is 11.0. The van der Waals surface area contributed by atoms with Gasteiger partial charge in [0.1, 0.15) is 5.75 Å². The molecule has 1 aromatic rings. The fourth-order valence-corrected chi connectivity index (χ4v) is 1.76. The number of halogens is 1. The number of benzene rings is 1. The molecule has 0 aromatic heterocycles. The second kappa shape index (κ2) is 6.07. The van der Waals surface area contributed by atoms with Gasteiger partial charge in [0.05, 0.1) is 7.11 Å². The molecule has 0 heterocycles. The van der Waals surface area contributed by atoms with Crippen LogP contribution in [0.3, 0.4) is 0 Å². The maximum atomic E-state index is 11.1. The lowest BCUT2D eigenvalue weighted by atomic mass is 10.2. The van der Waals surface area contributed by atoms with Crippen molar-refractivity contribution in [2.75, 3.05) is 13.7 Å². The van der Waals surface area contributed by atoms with Crippen molar-refractivity contribution in [2.24, 2.45) is 0 Å². The molecule has 0 radical (unpaired) electrons. The average molecular weight is 270 g/mol. The topological polar surface area (TPSA) is 47.6 Å². The molecule has 98 valence electrons. The predicted molar refractivity (Wildman–Crippen MR) is 68.8 cm³/mol. The van der Waals surface area contributed by atoms with Crippen molar-refractivity contribution >= 4 is 17.6 Å². The summed E-state index contributed by atoms with van der Waals surface area (Å²) in [4.78, 5) is 11.1. The van der Waals surface area contributed by atoms with Gasteiger partial charge in [0, 0.05) is 23.2 Å². The Bertz CT molecular complexity index is 432. The predicted octanol–water partition coefficient (Wildman–Crippen LogP) is 2.14. The summed E-state index contributed by atoms with van der Waals surface area (Å²) in [5.74, 6) is 0.268. The SMILES string of the molecule is COC(=O)COc1ccc(Cl)cc1CNC1CC1. The molecule has 5 heteroatoms. The van der Waals surface area contributed by atoms with Crippen LogP contribution in [0.1, 0.15) is 18.4 Å². The number of esters is 1. The second-order valence-corrected chi connectivity index (χ2v) is 4.71. The Kier molecular flexibility index (Phi) is 4.44. The molecule has 1 aromatic carbocycles. The highest BCUT2D eigenvalue weighted by molar-refractivity contribution is 6.30. The largest absolute Gasteiger partial charge is 0.482 e. The average Bonchev–Trinajstić information content (AvgIpc) is 3.18. The molecule has 0 aliphatic heterocycles. The zero-order valence-electron chi connectivity index (χ0n) is 10.2. The van der Waals surface area contributed by atoms with Gasteiger partial charge in [0.25, 0.3) is 0 Å². The van der Waals surface area contributed by atoms with Gasteiger partial charge in [-0.2, -0.15) is 0 Å². The normalized spacial score (nSPS) is 14.3. The van der Waals surface area contributed by atoms with Crippen LogP contribution < -0.4 is 10.1 Å². The molecule has 2 rings (SSSR count). The van der Waals surface area contributed by atoms with E-state index in [1.807, 2.05) is 6.07 Å². The molecule has 4 nitrogen and oxygen atoms in total. The van der Waals surface area contributed by atoms with Gasteiger partial charge in [-0.05, 0) is 31.0 Å². The quantitative estimate of drug-likeness (QED) is 0.804. The smallest absolute Gasteiger partial charge is 0.343 e. The van der Waals surface area contributed by atoms with E-state index in [1.165, 1.54) is 20.0 Å². The minimum absolute atomic E-state index is 0.0887. The summed E-state index contributed by atoms with van der Waals surface area (Å²) in [5, 5.41) is 4.05. The third kappa shape index (κ3) is 3.89. The van der Waals surface area contributed by atoms with Gasteiger partial charge in [0.15, 0.2) is 6.61 Å². The zero-order chi connectivity index (χ0) is 13.0. The minimum atomic E-state index is -0.397. The molecule has 1 saturated carbocycles. The first-order valence-corrected chi connectivity index (χ1v) is 6.28. The van der Waals surface area contributed by atoms with Crippen molar-refractivity contribution in [3.63, 3.8) is 0 Å². The number of ether oxygens (including phenoxy) is 2. The third-order valence-electron chi connectivity index (χ3n) is 2.75. The maximum Gasteiger partial charge on any atom is 0.343 e. The summed E-state index contributed by atoms with van der Waals surface area (Å²) in [6.07, 6.45) is 2.44. The Morgan fingerprint density at radius 1 is 1.50 bits per heavy atom. The summed E-state index contributed by atoms with van der Waals surface area (Å²) in [7, 11) is 1.34. The molecule has 1 fully saturated rings. The van der Waals surface area contributed by atoms with Crippen LogP contribution in [-0.2, 0) is 16.1 Å². The van der Waals surface area contributed by atoms with Crippen LogP contribution in [0.2, 0.25) is 5.02 Å². The molecule has 0 spiro atoms. The van der Waals surface area contributed by atoms with E-state index >= 15 is 0 Å². The van der Waals surface area contributed by atoms with Crippen molar-refractivity contribution in [3.8, 4) is 5.75 Å². The van der Waals surface area contributed by atoms with E-state index in [9.17, 15) is 4.79 Å². The van der Waals surface area contributed by atoms with Gasteiger partial charge < -0.3 is 14.8 Å². The number of hydrogen-bond donors (Lipinski definition) is 1. The summed E-state index contributed by atoms with van der Waals surface area (Å²) in [5.41, 5.74) is 0.957. The van der Waals surface area contributed by atoms with E-state index in [2.05, 4.69) is 10.1 Å². The van der Waals surface area contributed by atoms with Gasteiger partial charge in [-0.1, -0.05) is 11.6 Å². The summed E-state index contributed by atoms with van der Waals surface area (Å²) in [6.45, 7) is 0.607. The van der Waals surface area contributed by atoms with Crippen LogP contribution in [0.15, 0.2) is 18.2 Å². The number of hydrogen-bond acceptors (Lipinski definition) is 4. The van der Waals surface area contributed by atoms with Crippen LogP contribution in [0.4, 0.5) is 0 Å². The molecule has 1 N–H and O–H groups in total. The van der Waals surface area contributed by atoms with Gasteiger partial charge in [-0.3, -0.25) is 0 Å². The Balaban J connectivity index is 1.99. The number of carbonyl (C=O) groups excluding carboxylic acids is 1. The number of methoxy groups -OCH3 is 1.